The first-order valence-electron chi connectivity index (χ1n) is 15.4. The minimum atomic E-state index is -1.64. The van der Waals surface area contributed by atoms with Crippen LogP contribution in [-0.2, 0) is 57.8 Å². The number of rotatable bonds is 17. The van der Waals surface area contributed by atoms with E-state index in [9.17, 15) is 29.1 Å². The standard InChI is InChI=1S/C34H41N5O10/c1-22(40)46-21-31(47-23(2)41)33(49-25(4)43)32(48-24(3)42)30(44)20-38(5)34(45)26-12-13-29(37-16-26)19-39(17-27-10-6-8-14-35-27)18-28-11-7-9-15-36-28/h6-16,30-33,44H,17-21H2,1-5H3/t30-,31+,32+,33+/m0/s1. The summed E-state index contributed by atoms with van der Waals surface area (Å²) in [7, 11) is 1.41. The second-order valence-electron chi connectivity index (χ2n) is 11.2. The second-order valence-corrected chi connectivity index (χ2v) is 11.2. The maximum absolute atomic E-state index is 13.4. The summed E-state index contributed by atoms with van der Waals surface area (Å²) in [5.41, 5.74) is 2.65. The zero-order valence-corrected chi connectivity index (χ0v) is 28.1. The SMILES string of the molecule is CC(=O)OC[C@@H](OC(C)=O)[C@@H](OC(C)=O)[C@H](OC(C)=O)[C@@H](O)CN(C)C(=O)c1ccc(CN(Cc2ccccn2)Cc2ccccn2)nc1. The number of carbonyl (C=O) groups is 5. The summed E-state index contributed by atoms with van der Waals surface area (Å²) in [5.74, 6) is -3.76. The molecule has 3 rings (SSSR count). The average molecular weight is 680 g/mol. The van der Waals surface area contributed by atoms with Crippen molar-refractivity contribution in [2.75, 3.05) is 20.2 Å². The Bertz CT molecular complexity index is 1500. The molecule has 0 saturated heterocycles. The molecular weight excluding hydrogens is 638 g/mol. The monoisotopic (exact) mass is 679 g/mol. The number of ether oxygens (including phenoxy) is 4. The first-order valence-corrected chi connectivity index (χ1v) is 15.4. The number of esters is 4. The molecule has 0 aliphatic carbocycles. The molecule has 15 nitrogen and oxygen atoms in total. The average Bonchev–Trinajstić information content (AvgIpc) is 3.05. The minimum absolute atomic E-state index is 0.215. The number of hydrogen-bond acceptors (Lipinski definition) is 14. The van der Waals surface area contributed by atoms with E-state index in [2.05, 4.69) is 19.9 Å². The Morgan fingerprint density at radius 2 is 1.22 bits per heavy atom. The predicted octanol–water partition coefficient (Wildman–Crippen LogP) is 1.87. The van der Waals surface area contributed by atoms with Crippen molar-refractivity contribution in [3.63, 3.8) is 0 Å². The molecule has 3 aromatic heterocycles. The minimum Gasteiger partial charge on any atom is -0.462 e. The Balaban J connectivity index is 1.76. The molecule has 3 aromatic rings. The van der Waals surface area contributed by atoms with Gasteiger partial charge >= 0.3 is 23.9 Å². The van der Waals surface area contributed by atoms with Crippen molar-refractivity contribution in [1.29, 1.82) is 0 Å². The molecule has 0 aliphatic rings. The molecule has 0 bridgehead atoms. The molecule has 49 heavy (non-hydrogen) atoms. The van der Waals surface area contributed by atoms with Crippen LogP contribution in [0.5, 0.6) is 0 Å². The number of aromatic nitrogens is 3. The molecule has 0 fully saturated rings. The van der Waals surface area contributed by atoms with Crippen LogP contribution >= 0.6 is 0 Å². The molecular formula is C34H41N5O10. The molecule has 0 saturated carbocycles. The lowest BCUT2D eigenvalue weighted by molar-refractivity contribution is -0.198. The number of nitrogens with zero attached hydrogens (tertiary/aromatic N) is 5. The van der Waals surface area contributed by atoms with E-state index in [1.807, 2.05) is 36.4 Å². The topological polar surface area (TPSA) is 188 Å². The Hall–Kier alpha value is -5.28. The van der Waals surface area contributed by atoms with E-state index in [4.69, 9.17) is 18.9 Å². The lowest BCUT2D eigenvalue weighted by Gasteiger charge is -2.35. The number of likely N-dealkylation sites (N-methyl/N-ethyl adjacent to an activating group) is 1. The number of pyridine rings is 3. The van der Waals surface area contributed by atoms with E-state index < -0.39 is 67.4 Å². The smallest absolute Gasteiger partial charge is 0.303 e. The van der Waals surface area contributed by atoms with E-state index in [-0.39, 0.29) is 5.56 Å². The third-order valence-electron chi connectivity index (χ3n) is 6.93. The Kier molecular flexibility index (Phi) is 14.7. The van der Waals surface area contributed by atoms with Gasteiger partial charge in [0.05, 0.1) is 29.2 Å². The van der Waals surface area contributed by atoms with Gasteiger partial charge in [0.15, 0.2) is 18.3 Å². The van der Waals surface area contributed by atoms with Crippen LogP contribution in [0.4, 0.5) is 0 Å². The van der Waals surface area contributed by atoms with Crippen LogP contribution in [0, 0.1) is 0 Å². The van der Waals surface area contributed by atoms with Crippen molar-refractivity contribution in [2.45, 2.75) is 71.7 Å². The maximum atomic E-state index is 13.4. The van der Waals surface area contributed by atoms with Gasteiger partial charge in [-0.15, -0.1) is 0 Å². The zero-order chi connectivity index (χ0) is 35.9. The van der Waals surface area contributed by atoms with Crippen molar-refractivity contribution in [2.24, 2.45) is 0 Å². The van der Waals surface area contributed by atoms with Crippen molar-refractivity contribution in [3.05, 3.63) is 89.8 Å². The van der Waals surface area contributed by atoms with Gasteiger partial charge in [-0.3, -0.25) is 43.8 Å². The Morgan fingerprint density at radius 1 is 0.694 bits per heavy atom. The van der Waals surface area contributed by atoms with Crippen LogP contribution in [0.15, 0.2) is 67.1 Å². The number of carbonyl (C=O) groups excluding carboxylic acids is 5. The van der Waals surface area contributed by atoms with Gasteiger partial charge in [0.1, 0.15) is 12.7 Å². The van der Waals surface area contributed by atoms with Crippen molar-refractivity contribution in [3.8, 4) is 0 Å². The van der Waals surface area contributed by atoms with Crippen LogP contribution in [0.1, 0.15) is 55.1 Å². The highest BCUT2D eigenvalue weighted by Crippen LogP contribution is 2.20. The number of aliphatic hydroxyl groups is 1. The highest BCUT2D eigenvalue weighted by atomic mass is 16.6. The van der Waals surface area contributed by atoms with Gasteiger partial charge in [0, 0.05) is 73.0 Å². The lowest BCUT2D eigenvalue weighted by atomic mass is 10.0. The fourth-order valence-corrected chi connectivity index (χ4v) is 4.88. The van der Waals surface area contributed by atoms with E-state index in [0.717, 1.165) is 39.1 Å². The highest BCUT2D eigenvalue weighted by Gasteiger charge is 2.42. The summed E-state index contributed by atoms with van der Waals surface area (Å²) in [6.45, 7) is 4.86. The fraction of sp³-hybridized carbons (Fsp3) is 0.412. The first-order chi connectivity index (χ1) is 23.3. The molecule has 4 atom stereocenters. The molecule has 0 aromatic carbocycles. The molecule has 0 aliphatic heterocycles. The molecule has 3 heterocycles. The van der Waals surface area contributed by atoms with Gasteiger partial charge < -0.3 is 29.0 Å². The fourth-order valence-electron chi connectivity index (χ4n) is 4.88. The van der Waals surface area contributed by atoms with Gasteiger partial charge in [0.2, 0.25) is 0 Å². The third kappa shape index (κ3) is 13.0. The lowest BCUT2D eigenvalue weighted by Crippen LogP contribution is -2.54. The van der Waals surface area contributed by atoms with Gasteiger partial charge in [-0.2, -0.15) is 0 Å². The Labute approximate surface area is 284 Å². The van der Waals surface area contributed by atoms with Crippen molar-refractivity contribution in [1.82, 2.24) is 24.8 Å². The van der Waals surface area contributed by atoms with Gasteiger partial charge in [-0.1, -0.05) is 12.1 Å². The quantitative estimate of drug-likeness (QED) is 0.161. The number of aliphatic hydroxyl groups excluding tert-OH is 1. The molecule has 0 radical (unpaired) electrons. The van der Waals surface area contributed by atoms with Gasteiger partial charge in [0.25, 0.3) is 5.91 Å². The molecule has 0 spiro atoms. The first kappa shape index (κ1) is 38.2. The van der Waals surface area contributed by atoms with E-state index in [0.29, 0.717) is 25.3 Å². The van der Waals surface area contributed by atoms with Crippen LogP contribution < -0.4 is 0 Å². The Morgan fingerprint density at radius 3 is 1.67 bits per heavy atom. The van der Waals surface area contributed by atoms with E-state index >= 15 is 0 Å². The van der Waals surface area contributed by atoms with Crippen LogP contribution in [0.3, 0.4) is 0 Å². The largest absolute Gasteiger partial charge is 0.462 e. The van der Waals surface area contributed by atoms with Gasteiger partial charge in [-0.25, -0.2) is 0 Å². The van der Waals surface area contributed by atoms with Crippen LogP contribution in [0.2, 0.25) is 0 Å². The highest BCUT2D eigenvalue weighted by molar-refractivity contribution is 5.93. The van der Waals surface area contributed by atoms with E-state index in [1.54, 1.807) is 24.5 Å². The second kappa shape index (κ2) is 18.9. The number of amides is 1. The van der Waals surface area contributed by atoms with E-state index in [1.165, 1.54) is 18.1 Å². The summed E-state index contributed by atoms with van der Waals surface area (Å²) in [4.78, 5) is 77.4. The molecule has 1 amide bonds. The summed E-state index contributed by atoms with van der Waals surface area (Å²) < 4.78 is 20.8. The number of hydrogen-bond donors (Lipinski definition) is 1. The third-order valence-corrected chi connectivity index (χ3v) is 6.93. The molecule has 0 unspecified atom stereocenters. The summed E-state index contributed by atoms with van der Waals surface area (Å²) >= 11 is 0. The van der Waals surface area contributed by atoms with Crippen molar-refractivity contribution < 1.29 is 48.0 Å². The van der Waals surface area contributed by atoms with Crippen molar-refractivity contribution >= 4 is 29.8 Å². The summed E-state index contributed by atoms with van der Waals surface area (Å²) in [6, 6.07) is 14.7. The summed E-state index contributed by atoms with van der Waals surface area (Å²) in [6.07, 6.45) is -1.43. The maximum Gasteiger partial charge on any atom is 0.303 e. The van der Waals surface area contributed by atoms with Crippen LogP contribution in [0.25, 0.3) is 0 Å². The molecule has 262 valence electrons. The molecule has 1 N–H and O–H groups in total. The predicted molar refractivity (Wildman–Crippen MR) is 172 cm³/mol. The summed E-state index contributed by atoms with van der Waals surface area (Å²) in [5, 5.41) is 11.2. The van der Waals surface area contributed by atoms with Gasteiger partial charge in [-0.05, 0) is 36.4 Å². The zero-order valence-electron chi connectivity index (χ0n) is 28.1. The normalized spacial score (nSPS) is 13.4. The molecule has 15 heteroatoms. The van der Waals surface area contributed by atoms with Crippen LogP contribution in [-0.4, -0.2) is 104 Å².